The van der Waals surface area contributed by atoms with Gasteiger partial charge in [0, 0.05) is 26.0 Å². The van der Waals surface area contributed by atoms with E-state index < -0.39 is 0 Å². The molecule has 0 aliphatic rings. The summed E-state index contributed by atoms with van der Waals surface area (Å²) in [7, 11) is 1.67. The Hall–Kier alpha value is -1.12. The van der Waals surface area contributed by atoms with Crippen molar-refractivity contribution in [1.82, 2.24) is 15.0 Å². The molecule has 7 nitrogen and oxygen atoms in total. The second-order valence-corrected chi connectivity index (χ2v) is 4.46. The van der Waals surface area contributed by atoms with Crippen LogP contribution in [0.4, 0.5) is 11.9 Å². The molecule has 1 heterocycles. The van der Waals surface area contributed by atoms with Crippen molar-refractivity contribution in [1.29, 1.82) is 0 Å². The number of hydrogen-bond donors (Lipinski definition) is 2. The smallest absolute Gasteiger partial charge is 0.242 e. The summed E-state index contributed by atoms with van der Waals surface area (Å²) in [5, 5.41) is 0.650. The highest BCUT2D eigenvalue weighted by atomic mass is 32.2. The summed E-state index contributed by atoms with van der Waals surface area (Å²) in [4.78, 5) is 14.9. The third kappa shape index (κ3) is 4.28. The number of nitrogen functional groups attached to an aromatic ring is 1. The van der Waals surface area contributed by atoms with Crippen molar-refractivity contribution in [2.24, 2.45) is 5.84 Å². The molecule has 3 N–H and O–H groups in total. The second-order valence-electron chi connectivity index (χ2n) is 3.40. The highest BCUT2D eigenvalue weighted by Gasteiger charge is 2.10. The normalized spacial score (nSPS) is 10.4. The molecule has 0 aliphatic carbocycles. The first-order valence-electron chi connectivity index (χ1n) is 5.84. The van der Waals surface area contributed by atoms with Crippen molar-refractivity contribution in [3.63, 3.8) is 0 Å². The Labute approximate surface area is 112 Å². The maximum atomic E-state index is 5.37. The largest absolute Gasteiger partial charge is 0.384 e. The fraction of sp³-hybridized carbons (Fsp3) is 0.700. The number of thioether (sulfide) groups is 1. The van der Waals surface area contributed by atoms with Crippen LogP contribution in [-0.4, -0.2) is 47.5 Å². The van der Waals surface area contributed by atoms with Gasteiger partial charge < -0.3 is 9.64 Å². The zero-order valence-corrected chi connectivity index (χ0v) is 11.8. The summed E-state index contributed by atoms with van der Waals surface area (Å²) < 4.78 is 5.00. The number of methoxy groups -OCH3 is 1. The van der Waals surface area contributed by atoms with Gasteiger partial charge in [-0.2, -0.15) is 15.0 Å². The Morgan fingerprint density at radius 1 is 1.28 bits per heavy atom. The predicted molar refractivity (Wildman–Crippen MR) is 73.8 cm³/mol. The van der Waals surface area contributed by atoms with Crippen molar-refractivity contribution in [3.05, 3.63) is 0 Å². The van der Waals surface area contributed by atoms with Gasteiger partial charge in [-0.05, 0) is 13.8 Å². The summed E-state index contributed by atoms with van der Waals surface area (Å²) in [6.45, 7) is 6.45. The lowest BCUT2D eigenvalue weighted by molar-refractivity contribution is 0.218. The fourth-order valence-electron chi connectivity index (χ4n) is 1.34. The molecule has 0 fully saturated rings. The van der Waals surface area contributed by atoms with E-state index in [1.807, 2.05) is 4.90 Å². The third-order valence-electron chi connectivity index (χ3n) is 2.30. The van der Waals surface area contributed by atoms with Crippen LogP contribution in [0.5, 0.6) is 0 Å². The highest BCUT2D eigenvalue weighted by molar-refractivity contribution is 7.99. The minimum Gasteiger partial charge on any atom is -0.384 e. The first-order chi connectivity index (χ1) is 8.74. The molecular weight excluding hydrogens is 252 g/mol. The summed E-state index contributed by atoms with van der Waals surface area (Å²) in [6, 6.07) is 0. The van der Waals surface area contributed by atoms with E-state index in [1.54, 1.807) is 7.11 Å². The van der Waals surface area contributed by atoms with Gasteiger partial charge in [0.2, 0.25) is 11.9 Å². The maximum absolute atomic E-state index is 5.37. The van der Waals surface area contributed by atoms with Crippen molar-refractivity contribution >= 4 is 23.7 Å². The molecule has 18 heavy (non-hydrogen) atoms. The van der Waals surface area contributed by atoms with Crippen LogP contribution in [0.25, 0.3) is 0 Å². The quantitative estimate of drug-likeness (QED) is 0.310. The monoisotopic (exact) mass is 272 g/mol. The second kappa shape index (κ2) is 8.06. The molecule has 0 unspecified atom stereocenters. The van der Waals surface area contributed by atoms with E-state index in [0.29, 0.717) is 23.7 Å². The Balaban J connectivity index is 2.86. The van der Waals surface area contributed by atoms with Crippen LogP contribution in [0.2, 0.25) is 0 Å². The fourth-order valence-corrected chi connectivity index (χ4v) is 2.07. The van der Waals surface area contributed by atoms with Gasteiger partial charge in [-0.1, -0.05) is 11.8 Å². The molecular formula is C10H20N6OS. The minimum atomic E-state index is 0.381. The van der Waals surface area contributed by atoms with E-state index in [2.05, 4.69) is 34.2 Å². The standard InChI is InChI=1S/C10H20N6OS/c1-4-16(5-2)9-12-8(15-11)13-10(14-9)18-7-6-17-3/h4-7,11H2,1-3H3,(H,12,13,14,15). The number of ether oxygens (including phenoxy) is 1. The van der Waals surface area contributed by atoms with E-state index in [0.717, 1.165) is 18.8 Å². The number of nitrogens with one attached hydrogen (secondary N) is 1. The van der Waals surface area contributed by atoms with Crippen LogP contribution in [0, 0.1) is 0 Å². The zero-order valence-electron chi connectivity index (χ0n) is 11.0. The van der Waals surface area contributed by atoms with Crippen LogP contribution in [0.1, 0.15) is 13.8 Å². The van der Waals surface area contributed by atoms with Crippen LogP contribution < -0.4 is 16.2 Å². The first kappa shape index (κ1) is 14.9. The number of hydrazine groups is 1. The van der Waals surface area contributed by atoms with Crippen molar-refractivity contribution in [3.8, 4) is 0 Å². The summed E-state index contributed by atoms with van der Waals surface area (Å²) >= 11 is 1.52. The Kier molecular flexibility index (Phi) is 6.69. The molecule has 0 saturated heterocycles. The lowest BCUT2D eigenvalue weighted by Gasteiger charge is -2.19. The van der Waals surface area contributed by atoms with E-state index in [-0.39, 0.29) is 0 Å². The highest BCUT2D eigenvalue weighted by Crippen LogP contribution is 2.18. The summed E-state index contributed by atoms with van der Waals surface area (Å²) in [6.07, 6.45) is 0. The van der Waals surface area contributed by atoms with Gasteiger partial charge in [0.15, 0.2) is 5.16 Å². The van der Waals surface area contributed by atoms with Gasteiger partial charge in [0.25, 0.3) is 0 Å². The average Bonchev–Trinajstić information content (AvgIpc) is 2.40. The first-order valence-corrected chi connectivity index (χ1v) is 6.83. The number of rotatable bonds is 8. The van der Waals surface area contributed by atoms with Crippen LogP contribution in [0.15, 0.2) is 5.16 Å². The van der Waals surface area contributed by atoms with Gasteiger partial charge in [0.05, 0.1) is 6.61 Å². The SMILES string of the molecule is CCN(CC)c1nc(NN)nc(SCCOC)n1. The van der Waals surface area contributed by atoms with Gasteiger partial charge in [0.1, 0.15) is 0 Å². The van der Waals surface area contributed by atoms with Crippen LogP contribution >= 0.6 is 11.8 Å². The van der Waals surface area contributed by atoms with E-state index >= 15 is 0 Å². The molecule has 0 aliphatic heterocycles. The molecule has 1 aromatic heterocycles. The summed E-state index contributed by atoms with van der Waals surface area (Å²) in [5.74, 6) is 7.19. The summed E-state index contributed by atoms with van der Waals surface area (Å²) in [5.41, 5.74) is 2.47. The zero-order chi connectivity index (χ0) is 13.4. The Bertz CT molecular complexity index is 360. The van der Waals surface area contributed by atoms with Crippen LogP contribution in [0.3, 0.4) is 0 Å². The molecule has 0 aromatic carbocycles. The van der Waals surface area contributed by atoms with Crippen LogP contribution in [-0.2, 0) is 4.74 Å². The number of nitrogens with two attached hydrogens (primary N) is 1. The number of hydrogen-bond acceptors (Lipinski definition) is 8. The molecule has 102 valence electrons. The Morgan fingerprint density at radius 2 is 2.00 bits per heavy atom. The number of nitrogens with zero attached hydrogens (tertiary/aromatic N) is 4. The van der Waals surface area contributed by atoms with E-state index in [4.69, 9.17) is 10.6 Å². The van der Waals surface area contributed by atoms with Crippen molar-refractivity contribution in [2.75, 3.05) is 42.9 Å². The minimum absolute atomic E-state index is 0.381. The molecule has 1 rings (SSSR count). The lowest BCUT2D eigenvalue weighted by Crippen LogP contribution is -2.25. The van der Waals surface area contributed by atoms with Gasteiger partial charge in [-0.15, -0.1) is 0 Å². The number of aromatic nitrogens is 3. The molecule has 0 amide bonds. The number of anilines is 2. The molecule has 8 heteroatoms. The van der Waals surface area contributed by atoms with Crippen molar-refractivity contribution in [2.45, 2.75) is 19.0 Å². The molecule has 0 atom stereocenters. The molecule has 0 spiro atoms. The Morgan fingerprint density at radius 3 is 2.56 bits per heavy atom. The lowest BCUT2D eigenvalue weighted by atomic mass is 10.5. The molecule has 0 saturated carbocycles. The van der Waals surface area contributed by atoms with E-state index in [9.17, 15) is 0 Å². The van der Waals surface area contributed by atoms with Gasteiger partial charge in [-0.3, -0.25) is 5.43 Å². The molecule has 0 radical (unpaired) electrons. The third-order valence-corrected chi connectivity index (χ3v) is 3.11. The van der Waals surface area contributed by atoms with Gasteiger partial charge in [-0.25, -0.2) is 5.84 Å². The molecule has 0 bridgehead atoms. The van der Waals surface area contributed by atoms with E-state index in [1.165, 1.54) is 11.8 Å². The predicted octanol–water partition coefficient (Wildman–Crippen LogP) is 0.742. The maximum Gasteiger partial charge on any atom is 0.242 e. The average molecular weight is 272 g/mol. The topological polar surface area (TPSA) is 89.2 Å². The van der Waals surface area contributed by atoms with Gasteiger partial charge >= 0.3 is 0 Å². The van der Waals surface area contributed by atoms with Crippen molar-refractivity contribution < 1.29 is 4.74 Å². The molecule has 1 aromatic rings.